The van der Waals surface area contributed by atoms with Crippen molar-refractivity contribution in [1.82, 2.24) is 0 Å². The molecule has 0 aromatic carbocycles. The quantitative estimate of drug-likeness (QED) is 0.466. The Balaban J connectivity index is 2.58. The van der Waals surface area contributed by atoms with Crippen molar-refractivity contribution in [3.63, 3.8) is 0 Å². The van der Waals surface area contributed by atoms with Gasteiger partial charge in [0.15, 0.2) is 0 Å². The fourth-order valence-electron chi connectivity index (χ4n) is 2.63. The van der Waals surface area contributed by atoms with Crippen molar-refractivity contribution >= 4 is 17.5 Å². The molecule has 0 spiro atoms. The lowest BCUT2D eigenvalue weighted by Gasteiger charge is -2.48. The Morgan fingerprint density at radius 1 is 1.46 bits per heavy atom. The minimum Gasteiger partial charge on any atom is -0.480 e. The van der Waals surface area contributed by atoms with E-state index in [-0.39, 0.29) is 12.3 Å². The predicted octanol–water partition coefficient (Wildman–Crippen LogP) is 0.255. The van der Waals surface area contributed by atoms with Gasteiger partial charge in [0.2, 0.25) is 11.6 Å². The number of carboxylic acid groups (broad SMARTS) is 1. The number of fused-ring (bicyclic) bond motifs is 1. The number of rotatable bonds is 1. The summed E-state index contributed by atoms with van der Waals surface area (Å²) in [5.41, 5.74) is -2.10. The van der Waals surface area contributed by atoms with Crippen LogP contribution in [0.3, 0.4) is 0 Å². The zero-order valence-electron chi connectivity index (χ0n) is 7.46. The second-order valence-corrected chi connectivity index (χ2v) is 4.38. The zero-order valence-corrected chi connectivity index (χ0v) is 7.46. The Bertz CT molecular complexity index is 342. The molecule has 70 valence electrons. The molecule has 0 aromatic rings. The van der Waals surface area contributed by atoms with Crippen LogP contribution < -0.4 is 0 Å². The number of hydrogen-bond acceptors (Lipinski definition) is 3. The number of carbonyl (C=O) groups is 3. The van der Waals surface area contributed by atoms with Crippen molar-refractivity contribution in [2.24, 2.45) is 16.7 Å². The minimum absolute atomic E-state index is 0.201. The minimum atomic E-state index is -1.41. The van der Waals surface area contributed by atoms with Gasteiger partial charge in [-0.15, -0.1) is 0 Å². The van der Waals surface area contributed by atoms with Crippen LogP contribution in [0, 0.1) is 16.7 Å². The second-order valence-electron chi connectivity index (χ2n) is 4.38. The maximum absolute atomic E-state index is 11.4. The Labute approximate surface area is 74.9 Å². The van der Waals surface area contributed by atoms with E-state index >= 15 is 0 Å². The van der Waals surface area contributed by atoms with E-state index in [9.17, 15) is 14.4 Å². The van der Waals surface area contributed by atoms with Crippen molar-refractivity contribution in [3.8, 4) is 0 Å². The Hall–Kier alpha value is -1.19. The highest BCUT2D eigenvalue weighted by Crippen LogP contribution is 2.67. The molecule has 0 amide bonds. The molecule has 3 rings (SSSR count). The van der Waals surface area contributed by atoms with Crippen LogP contribution in [0.25, 0.3) is 0 Å². The molecule has 3 saturated carbocycles. The van der Waals surface area contributed by atoms with Crippen LogP contribution in [-0.2, 0) is 14.4 Å². The summed E-state index contributed by atoms with van der Waals surface area (Å²) in [4.78, 5) is 33.6. The van der Waals surface area contributed by atoms with Crippen LogP contribution in [0.2, 0.25) is 0 Å². The fourth-order valence-corrected chi connectivity index (χ4v) is 2.63. The van der Waals surface area contributed by atoms with Crippen LogP contribution in [0.1, 0.15) is 20.3 Å². The number of hydrogen-bond donors (Lipinski definition) is 1. The first-order chi connectivity index (χ1) is 5.85. The van der Waals surface area contributed by atoms with E-state index in [1.165, 1.54) is 0 Å². The van der Waals surface area contributed by atoms with Crippen LogP contribution in [0.15, 0.2) is 0 Å². The molecule has 0 aliphatic heterocycles. The van der Waals surface area contributed by atoms with Gasteiger partial charge >= 0.3 is 5.97 Å². The van der Waals surface area contributed by atoms with E-state index in [2.05, 4.69) is 0 Å². The molecule has 0 aromatic heterocycles. The average molecular weight is 182 g/mol. The van der Waals surface area contributed by atoms with Crippen molar-refractivity contribution in [3.05, 3.63) is 0 Å². The Morgan fingerprint density at radius 2 is 2.00 bits per heavy atom. The van der Waals surface area contributed by atoms with Gasteiger partial charge in [0.25, 0.3) is 0 Å². The van der Waals surface area contributed by atoms with E-state index in [0.717, 1.165) is 0 Å². The standard InChI is InChI=1S/C9H10O4/c1-8(2)4-3-9(8,7(12)13)6(11)5(4)10/h4H,3H2,1-2H3,(H,12,13). The molecule has 3 aliphatic rings. The van der Waals surface area contributed by atoms with Gasteiger partial charge in [-0.25, -0.2) is 0 Å². The Kier molecular flexibility index (Phi) is 1.19. The summed E-state index contributed by atoms with van der Waals surface area (Å²) < 4.78 is 0. The van der Waals surface area contributed by atoms with Crippen molar-refractivity contribution in [1.29, 1.82) is 0 Å². The zero-order chi connectivity index (χ0) is 10.0. The van der Waals surface area contributed by atoms with Crippen LogP contribution in [0.5, 0.6) is 0 Å². The molecule has 4 nitrogen and oxygen atoms in total. The van der Waals surface area contributed by atoms with Crippen molar-refractivity contribution in [2.75, 3.05) is 0 Å². The maximum atomic E-state index is 11.4. The van der Waals surface area contributed by atoms with E-state index in [4.69, 9.17) is 5.11 Å². The van der Waals surface area contributed by atoms with Gasteiger partial charge in [-0.05, 0) is 11.8 Å². The fraction of sp³-hybridized carbons (Fsp3) is 0.667. The maximum Gasteiger partial charge on any atom is 0.318 e. The van der Waals surface area contributed by atoms with Gasteiger partial charge in [-0.2, -0.15) is 0 Å². The van der Waals surface area contributed by atoms with Crippen LogP contribution >= 0.6 is 0 Å². The molecule has 3 aliphatic carbocycles. The number of carboxylic acids is 1. The number of ketones is 2. The highest BCUT2D eigenvalue weighted by atomic mass is 16.4. The highest BCUT2D eigenvalue weighted by Gasteiger charge is 2.78. The first-order valence-corrected chi connectivity index (χ1v) is 4.18. The molecular weight excluding hydrogens is 172 g/mol. The summed E-state index contributed by atoms with van der Waals surface area (Å²) in [6, 6.07) is 0. The molecule has 0 saturated heterocycles. The predicted molar refractivity (Wildman–Crippen MR) is 42.0 cm³/mol. The van der Waals surface area contributed by atoms with Crippen LogP contribution in [-0.4, -0.2) is 22.6 Å². The summed E-state index contributed by atoms with van der Waals surface area (Å²) in [6.07, 6.45) is 0.201. The lowest BCUT2D eigenvalue weighted by atomic mass is 9.50. The van der Waals surface area contributed by atoms with E-state index < -0.39 is 28.4 Å². The third-order valence-corrected chi connectivity index (χ3v) is 3.77. The Morgan fingerprint density at radius 3 is 2.15 bits per heavy atom. The molecule has 4 heteroatoms. The molecule has 2 atom stereocenters. The summed E-state index contributed by atoms with van der Waals surface area (Å²) in [5.74, 6) is -2.71. The lowest BCUT2D eigenvalue weighted by molar-refractivity contribution is -0.172. The number of Topliss-reactive ketones (excluding diaryl/α,β-unsaturated/α-hetero) is 2. The van der Waals surface area contributed by atoms with Gasteiger partial charge < -0.3 is 5.11 Å². The third-order valence-electron chi connectivity index (χ3n) is 3.77. The third kappa shape index (κ3) is 0.557. The van der Waals surface area contributed by atoms with Gasteiger partial charge in [0.05, 0.1) is 0 Å². The largest absolute Gasteiger partial charge is 0.480 e. The molecule has 2 unspecified atom stereocenters. The van der Waals surface area contributed by atoms with Crippen molar-refractivity contribution < 1.29 is 19.5 Å². The van der Waals surface area contributed by atoms with Gasteiger partial charge in [0, 0.05) is 5.92 Å². The molecule has 13 heavy (non-hydrogen) atoms. The SMILES string of the molecule is CC1(C)C2CC1(C(=O)O)C(=O)C2=O. The van der Waals surface area contributed by atoms with Crippen molar-refractivity contribution in [2.45, 2.75) is 20.3 Å². The summed E-state index contributed by atoms with van der Waals surface area (Å²) in [5, 5.41) is 8.96. The summed E-state index contributed by atoms with van der Waals surface area (Å²) in [6.45, 7) is 3.36. The second kappa shape index (κ2) is 1.84. The number of carbonyl (C=O) groups excluding carboxylic acids is 2. The van der Waals surface area contributed by atoms with Gasteiger partial charge in [0.1, 0.15) is 5.41 Å². The summed E-state index contributed by atoms with van der Waals surface area (Å²) in [7, 11) is 0. The molecule has 0 heterocycles. The van der Waals surface area contributed by atoms with Gasteiger partial charge in [-0.1, -0.05) is 13.8 Å². The first kappa shape index (κ1) is 8.41. The first-order valence-electron chi connectivity index (χ1n) is 4.18. The van der Waals surface area contributed by atoms with E-state index in [0.29, 0.717) is 0 Å². The monoisotopic (exact) mass is 182 g/mol. The molecule has 0 radical (unpaired) electrons. The van der Waals surface area contributed by atoms with Crippen LogP contribution in [0.4, 0.5) is 0 Å². The summed E-state index contributed by atoms with van der Waals surface area (Å²) >= 11 is 0. The molecular formula is C9H10O4. The highest BCUT2D eigenvalue weighted by molar-refractivity contribution is 6.48. The van der Waals surface area contributed by atoms with E-state index in [1.54, 1.807) is 13.8 Å². The molecule has 1 N–H and O–H groups in total. The normalized spacial score (nSPS) is 40.3. The molecule has 2 bridgehead atoms. The number of aliphatic carboxylic acids is 1. The average Bonchev–Trinajstić information content (AvgIpc) is 2.34. The molecule has 3 fully saturated rings. The lowest BCUT2D eigenvalue weighted by Crippen LogP contribution is -2.55. The smallest absolute Gasteiger partial charge is 0.318 e. The van der Waals surface area contributed by atoms with E-state index in [1.807, 2.05) is 0 Å². The van der Waals surface area contributed by atoms with Gasteiger partial charge in [-0.3, -0.25) is 14.4 Å². The topological polar surface area (TPSA) is 71.4 Å².